The van der Waals surface area contributed by atoms with Crippen molar-refractivity contribution in [3.8, 4) is 0 Å². The van der Waals surface area contributed by atoms with Crippen LogP contribution in [-0.4, -0.2) is 49.9 Å². The average Bonchev–Trinajstić information content (AvgIpc) is 2.89. The zero-order chi connectivity index (χ0) is 14.6. The number of nitrogens with zero attached hydrogens (tertiary/aromatic N) is 1. The molecule has 1 aliphatic rings. The van der Waals surface area contributed by atoms with Gasteiger partial charge in [0.05, 0.1) is 11.4 Å². The summed E-state index contributed by atoms with van der Waals surface area (Å²) in [7, 11) is -3.22. The molecule has 1 heterocycles. The first kappa shape index (κ1) is 15.4. The first-order valence-corrected chi connectivity index (χ1v) is 8.51. The van der Waals surface area contributed by atoms with Crippen molar-refractivity contribution in [2.75, 3.05) is 26.2 Å². The SMILES string of the molecule is CCNS(=O)(=O)C1CCN(CC(O)c2ccccc2)C1. The lowest BCUT2D eigenvalue weighted by Gasteiger charge is -2.20. The van der Waals surface area contributed by atoms with Crippen LogP contribution in [0.25, 0.3) is 0 Å². The third-order valence-electron chi connectivity index (χ3n) is 3.63. The Kier molecular flexibility index (Phi) is 5.15. The second kappa shape index (κ2) is 6.67. The molecule has 0 radical (unpaired) electrons. The van der Waals surface area contributed by atoms with Gasteiger partial charge in [-0.05, 0) is 18.5 Å². The van der Waals surface area contributed by atoms with E-state index < -0.39 is 16.1 Å². The standard InChI is InChI=1S/C14H22N2O3S/c1-2-15-20(18,19)13-8-9-16(10-13)11-14(17)12-6-4-3-5-7-12/h3-7,13-15,17H,2,8-11H2,1H3. The summed E-state index contributed by atoms with van der Waals surface area (Å²) in [6.45, 7) is 3.87. The Morgan fingerprint density at radius 2 is 2.10 bits per heavy atom. The molecule has 1 aliphatic heterocycles. The number of nitrogens with one attached hydrogen (secondary N) is 1. The lowest BCUT2D eigenvalue weighted by molar-refractivity contribution is 0.126. The molecule has 0 bridgehead atoms. The average molecular weight is 298 g/mol. The molecular weight excluding hydrogens is 276 g/mol. The van der Waals surface area contributed by atoms with E-state index in [0.717, 1.165) is 5.56 Å². The summed E-state index contributed by atoms with van der Waals surface area (Å²) in [6, 6.07) is 9.45. The van der Waals surface area contributed by atoms with E-state index >= 15 is 0 Å². The van der Waals surface area contributed by atoms with Crippen LogP contribution in [0.15, 0.2) is 30.3 Å². The molecule has 0 saturated carbocycles. The molecule has 0 amide bonds. The van der Waals surface area contributed by atoms with E-state index in [2.05, 4.69) is 4.72 Å². The number of sulfonamides is 1. The number of β-amino-alcohol motifs (C(OH)–C–C–N with tert-alkyl or cyclic N) is 1. The van der Waals surface area contributed by atoms with E-state index in [1.165, 1.54) is 0 Å². The molecule has 2 rings (SSSR count). The summed E-state index contributed by atoms with van der Waals surface area (Å²) in [5.41, 5.74) is 0.866. The predicted molar refractivity (Wildman–Crippen MR) is 78.8 cm³/mol. The van der Waals surface area contributed by atoms with Gasteiger partial charge < -0.3 is 5.11 Å². The van der Waals surface area contributed by atoms with Gasteiger partial charge >= 0.3 is 0 Å². The topological polar surface area (TPSA) is 69.6 Å². The van der Waals surface area contributed by atoms with E-state index in [1.54, 1.807) is 6.92 Å². The van der Waals surface area contributed by atoms with E-state index in [-0.39, 0.29) is 5.25 Å². The predicted octanol–water partition coefficient (Wildman–Crippen LogP) is 0.734. The molecule has 0 aliphatic carbocycles. The van der Waals surface area contributed by atoms with Crippen LogP contribution in [0.2, 0.25) is 0 Å². The molecule has 6 heteroatoms. The van der Waals surface area contributed by atoms with E-state index in [9.17, 15) is 13.5 Å². The number of hydrogen-bond acceptors (Lipinski definition) is 4. The first-order valence-electron chi connectivity index (χ1n) is 6.96. The van der Waals surface area contributed by atoms with Crippen LogP contribution < -0.4 is 4.72 Å². The molecule has 1 aromatic carbocycles. The zero-order valence-electron chi connectivity index (χ0n) is 11.7. The molecule has 1 fully saturated rings. The van der Waals surface area contributed by atoms with Crippen LogP contribution in [0, 0.1) is 0 Å². The molecule has 1 aromatic rings. The monoisotopic (exact) mass is 298 g/mol. The Morgan fingerprint density at radius 3 is 2.75 bits per heavy atom. The molecule has 2 atom stereocenters. The minimum Gasteiger partial charge on any atom is -0.387 e. The molecule has 0 spiro atoms. The van der Waals surface area contributed by atoms with Gasteiger partial charge in [0.15, 0.2) is 0 Å². The maximum atomic E-state index is 11.9. The molecule has 2 N–H and O–H groups in total. The lowest BCUT2D eigenvalue weighted by Crippen LogP contribution is -2.36. The van der Waals surface area contributed by atoms with Crippen LogP contribution in [0.5, 0.6) is 0 Å². The third kappa shape index (κ3) is 3.79. The number of rotatable bonds is 6. The van der Waals surface area contributed by atoms with Crippen molar-refractivity contribution in [1.82, 2.24) is 9.62 Å². The number of aliphatic hydroxyl groups is 1. The van der Waals surface area contributed by atoms with Crippen LogP contribution in [-0.2, 0) is 10.0 Å². The van der Waals surface area contributed by atoms with E-state index in [4.69, 9.17) is 0 Å². The number of benzene rings is 1. The fourth-order valence-corrected chi connectivity index (χ4v) is 4.02. The summed E-state index contributed by atoms with van der Waals surface area (Å²) in [6.07, 6.45) is 0.0494. The fourth-order valence-electron chi connectivity index (χ4n) is 2.56. The second-order valence-corrected chi connectivity index (χ2v) is 7.19. The zero-order valence-corrected chi connectivity index (χ0v) is 12.5. The quantitative estimate of drug-likeness (QED) is 0.812. The third-order valence-corrected chi connectivity index (χ3v) is 5.58. The van der Waals surface area contributed by atoms with Gasteiger partial charge in [-0.15, -0.1) is 0 Å². The maximum Gasteiger partial charge on any atom is 0.215 e. The van der Waals surface area contributed by atoms with Gasteiger partial charge in [-0.25, -0.2) is 13.1 Å². The lowest BCUT2D eigenvalue weighted by atomic mass is 10.1. The Hall–Kier alpha value is -0.950. The van der Waals surface area contributed by atoms with Crippen molar-refractivity contribution in [3.05, 3.63) is 35.9 Å². The Labute approximate surface area is 120 Å². The second-order valence-electron chi connectivity index (χ2n) is 5.14. The summed E-state index contributed by atoms with van der Waals surface area (Å²) in [4.78, 5) is 2.01. The molecule has 112 valence electrons. The van der Waals surface area contributed by atoms with Crippen LogP contribution in [0.4, 0.5) is 0 Å². The molecule has 1 saturated heterocycles. The van der Waals surface area contributed by atoms with Crippen molar-refractivity contribution >= 4 is 10.0 Å². The number of aliphatic hydroxyl groups excluding tert-OH is 1. The highest BCUT2D eigenvalue weighted by Crippen LogP contribution is 2.20. The van der Waals surface area contributed by atoms with Crippen molar-refractivity contribution in [1.29, 1.82) is 0 Å². The summed E-state index contributed by atoms with van der Waals surface area (Å²) in [5, 5.41) is 9.80. The highest BCUT2D eigenvalue weighted by Gasteiger charge is 2.33. The van der Waals surface area contributed by atoms with Gasteiger partial charge in [0.1, 0.15) is 0 Å². The van der Waals surface area contributed by atoms with Gasteiger partial charge in [-0.3, -0.25) is 4.90 Å². The van der Waals surface area contributed by atoms with Gasteiger partial charge in [0.2, 0.25) is 10.0 Å². The molecule has 5 nitrogen and oxygen atoms in total. The summed E-state index contributed by atoms with van der Waals surface area (Å²) in [5.74, 6) is 0. The molecule has 0 aromatic heterocycles. The van der Waals surface area contributed by atoms with Gasteiger partial charge in [0.25, 0.3) is 0 Å². The van der Waals surface area contributed by atoms with Crippen molar-refractivity contribution in [3.63, 3.8) is 0 Å². The number of hydrogen-bond donors (Lipinski definition) is 2. The van der Waals surface area contributed by atoms with Crippen molar-refractivity contribution in [2.45, 2.75) is 24.7 Å². The summed E-state index contributed by atoms with van der Waals surface area (Å²) < 4.78 is 26.4. The van der Waals surface area contributed by atoms with E-state index in [0.29, 0.717) is 32.6 Å². The highest BCUT2D eigenvalue weighted by atomic mass is 32.2. The van der Waals surface area contributed by atoms with E-state index in [1.807, 2.05) is 35.2 Å². The largest absolute Gasteiger partial charge is 0.387 e. The Balaban J connectivity index is 1.91. The normalized spacial score (nSPS) is 22.0. The first-order chi connectivity index (χ1) is 9.53. The smallest absolute Gasteiger partial charge is 0.215 e. The minimum atomic E-state index is -3.22. The molecular formula is C14H22N2O3S. The highest BCUT2D eigenvalue weighted by molar-refractivity contribution is 7.90. The molecule has 20 heavy (non-hydrogen) atoms. The van der Waals surface area contributed by atoms with Gasteiger partial charge in [-0.2, -0.15) is 0 Å². The van der Waals surface area contributed by atoms with Crippen molar-refractivity contribution in [2.24, 2.45) is 0 Å². The van der Waals surface area contributed by atoms with Crippen LogP contribution in [0.1, 0.15) is 25.0 Å². The van der Waals surface area contributed by atoms with Crippen LogP contribution in [0.3, 0.4) is 0 Å². The Morgan fingerprint density at radius 1 is 1.40 bits per heavy atom. The summed E-state index contributed by atoms with van der Waals surface area (Å²) >= 11 is 0. The molecule has 2 unspecified atom stereocenters. The number of likely N-dealkylation sites (tertiary alicyclic amines) is 1. The maximum absolute atomic E-state index is 11.9. The minimum absolute atomic E-state index is 0.370. The van der Waals surface area contributed by atoms with Crippen LogP contribution >= 0.6 is 0 Å². The fraction of sp³-hybridized carbons (Fsp3) is 0.571. The van der Waals surface area contributed by atoms with Crippen molar-refractivity contribution < 1.29 is 13.5 Å². The van der Waals surface area contributed by atoms with Gasteiger partial charge in [-0.1, -0.05) is 37.3 Å². The van der Waals surface area contributed by atoms with Gasteiger partial charge in [0, 0.05) is 19.6 Å². The Bertz CT molecular complexity index is 518.